The van der Waals surface area contributed by atoms with Crippen LogP contribution in [0.1, 0.15) is 6.42 Å². The molecule has 0 aliphatic carbocycles. The summed E-state index contributed by atoms with van der Waals surface area (Å²) in [5.41, 5.74) is -0.794. The molecule has 0 fully saturated rings. The van der Waals surface area contributed by atoms with Gasteiger partial charge in [-0.2, -0.15) is 0 Å². The maximum Gasteiger partial charge on any atom is 0.271 e. The van der Waals surface area contributed by atoms with E-state index in [1.165, 1.54) is 18.2 Å². The molecule has 1 aliphatic rings. The summed E-state index contributed by atoms with van der Waals surface area (Å²) >= 11 is 0. The molecule has 0 radical (unpaired) electrons. The van der Waals surface area contributed by atoms with Crippen molar-refractivity contribution in [2.24, 2.45) is 0 Å². The molecule has 0 bridgehead atoms. The molecule has 2 aromatic rings. The van der Waals surface area contributed by atoms with Gasteiger partial charge in [0.2, 0.25) is 0 Å². The third kappa shape index (κ3) is 3.58. The molecule has 0 aromatic heterocycles. The molecule has 0 unspecified atom stereocenters. The zero-order valence-electron chi connectivity index (χ0n) is 12.8. The molecule has 25 heavy (non-hydrogen) atoms. The van der Waals surface area contributed by atoms with E-state index in [1.54, 1.807) is 0 Å². The van der Waals surface area contributed by atoms with E-state index >= 15 is 0 Å². The molecule has 0 saturated heterocycles. The van der Waals surface area contributed by atoms with Gasteiger partial charge in [-0.3, -0.25) is 14.8 Å². The zero-order chi connectivity index (χ0) is 18.0. The first-order valence-corrected chi connectivity index (χ1v) is 8.73. The number of benzene rings is 2. The lowest BCUT2D eigenvalue weighted by molar-refractivity contribution is -0.385. The Bertz CT molecular complexity index is 927. The van der Waals surface area contributed by atoms with Crippen molar-refractivity contribution < 1.29 is 27.9 Å². The van der Waals surface area contributed by atoms with Gasteiger partial charge in [0.15, 0.2) is 11.5 Å². The van der Waals surface area contributed by atoms with Gasteiger partial charge >= 0.3 is 0 Å². The van der Waals surface area contributed by atoms with Gasteiger partial charge in [0, 0.05) is 30.3 Å². The fourth-order valence-electron chi connectivity index (χ4n) is 2.23. The van der Waals surface area contributed by atoms with Crippen LogP contribution in [0.2, 0.25) is 0 Å². The maximum absolute atomic E-state index is 12.5. The highest BCUT2D eigenvalue weighted by Gasteiger charge is 2.20. The van der Waals surface area contributed by atoms with E-state index in [-0.39, 0.29) is 10.6 Å². The summed E-state index contributed by atoms with van der Waals surface area (Å²) in [6.07, 6.45) is 0.669. The number of rotatable bonds is 4. The molecule has 1 aliphatic heterocycles. The van der Waals surface area contributed by atoms with Gasteiger partial charge in [0.1, 0.15) is 0 Å². The van der Waals surface area contributed by atoms with Gasteiger partial charge in [-0.1, -0.05) is 11.8 Å². The van der Waals surface area contributed by atoms with Crippen LogP contribution >= 0.6 is 0 Å². The number of nitrogens with one attached hydrogen (secondary N) is 1. The SMILES string of the molecule is O=[N+]([O-])c1ccc([O-])c(NS(=O)(=O)c2ccc3c(c2)OCCCO3)c1. The molecule has 1 N–H and O–H groups in total. The number of ether oxygens (including phenoxy) is 2. The highest BCUT2D eigenvalue weighted by atomic mass is 32.2. The van der Waals surface area contributed by atoms with Crippen molar-refractivity contribution >= 4 is 21.4 Å². The highest BCUT2D eigenvalue weighted by Crippen LogP contribution is 2.33. The van der Waals surface area contributed by atoms with E-state index in [1.807, 2.05) is 0 Å². The summed E-state index contributed by atoms with van der Waals surface area (Å²) in [5.74, 6) is 0.0293. The molecule has 3 rings (SSSR count). The van der Waals surface area contributed by atoms with Crippen LogP contribution in [0.3, 0.4) is 0 Å². The number of sulfonamides is 1. The van der Waals surface area contributed by atoms with Crippen molar-refractivity contribution in [2.45, 2.75) is 11.3 Å². The third-order valence-corrected chi connectivity index (χ3v) is 4.81. The summed E-state index contributed by atoms with van der Waals surface area (Å²) in [5, 5.41) is 22.6. The van der Waals surface area contributed by atoms with Gasteiger partial charge in [-0.15, -0.1) is 0 Å². The Hall–Kier alpha value is -3.01. The van der Waals surface area contributed by atoms with E-state index in [2.05, 4.69) is 4.72 Å². The summed E-state index contributed by atoms with van der Waals surface area (Å²) < 4.78 is 37.9. The lowest BCUT2D eigenvalue weighted by Gasteiger charge is -2.16. The molecule has 0 saturated carbocycles. The number of nitro groups is 1. The first-order chi connectivity index (χ1) is 11.9. The molecule has 9 nitrogen and oxygen atoms in total. The van der Waals surface area contributed by atoms with E-state index in [0.29, 0.717) is 25.4 Å². The number of anilines is 1. The zero-order valence-corrected chi connectivity index (χ0v) is 13.6. The van der Waals surface area contributed by atoms with Gasteiger partial charge in [0.05, 0.1) is 23.0 Å². The van der Waals surface area contributed by atoms with Crippen molar-refractivity contribution in [1.82, 2.24) is 0 Å². The van der Waals surface area contributed by atoms with Crippen LogP contribution in [-0.4, -0.2) is 26.6 Å². The standard InChI is InChI=1S/C15H14N2O7S/c18-13-4-2-10(17(19)20)8-12(13)16-25(21,22)11-3-5-14-15(9-11)24-7-1-6-23-14/h2-5,8-9,16,18H,1,6-7H2/p-1. The number of hydrogen-bond donors (Lipinski definition) is 1. The second-order valence-corrected chi connectivity index (χ2v) is 6.88. The van der Waals surface area contributed by atoms with Crippen LogP contribution < -0.4 is 19.3 Å². The smallest absolute Gasteiger partial charge is 0.271 e. The molecule has 1 heterocycles. The van der Waals surface area contributed by atoms with Crippen LogP contribution in [0.4, 0.5) is 11.4 Å². The summed E-state index contributed by atoms with van der Waals surface area (Å²) in [6, 6.07) is 6.86. The largest absolute Gasteiger partial charge is 0.871 e. The Labute approximate surface area is 143 Å². The highest BCUT2D eigenvalue weighted by molar-refractivity contribution is 7.92. The molecule has 0 spiro atoms. The van der Waals surface area contributed by atoms with Crippen molar-refractivity contribution in [3.8, 4) is 17.2 Å². The molecule has 132 valence electrons. The quantitative estimate of drug-likeness (QED) is 0.643. The van der Waals surface area contributed by atoms with Crippen LogP contribution in [0, 0.1) is 10.1 Å². The maximum atomic E-state index is 12.5. The lowest BCUT2D eigenvalue weighted by atomic mass is 10.2. The van der Waals surface area contributed by atoms with Crippen LogP contribution in [0.25, 0.3) is 0 Å². The van der Waals surface area contributed by atoms with Crippen LogP contribution in [0.5, 0.6) is 17.2 Å². The molecule has 0 atom stereocenters. The summed E-state index contributed by atoms with van der Waals surface area (Å²) in [6.45, 7) is 0.851. The Morgan fingerprint density at radius 1 is 1.04 bits per heavy atom. The predicted octanol–water partition coefficient (Wildman–Crippen LogP) is 1.63. The van der Waals surface area contributed by atoms with Gasteiger partial charge in [-0.05, 0) is 12.1 Å². The first kappa shape index (κ1) is 16.8. The molecular formula is C15H13N2O7S-. The van der Waals surface area contributed by atoms with Crippen LogP contribution in [0.15, 0.2) is 41.3 Å². The van der Waals surface area contributed by atoms with E-state index in [4.69, 9.17) is 9.47 Å². The van der Waals surface area contributed by atoms with E-state index in [9.17, 15) is 23.6 Å². The number of nitro benzene ring substituents is 1. The second kappa shape index (κ2) is 6.48. The molecule has 10 heteroatoms. The van der Waals surface area contributed by atoms with Crippen molar-refractivity contribution in [2.75, 3.05) is 17.9 Å². The Morgan fingerprint density at radius 2 is 1.76 bits per heavy atom. The normalized spacial score (nSPS) is 13.8. The Balaban J connectivity index is 1.94. The lowest BCUT2D eigenvalue weighted by Crippen LogP contribution is -2.14. The Kier molecular flexibility index (Phi) is 4.36. The van der Waals surface area contributed by atoms with Crippen molar-refractivity contribution in [3.63, 3.8) is 0 Å². The number of hydrogen-bond acceptors (Lipinski definition) is 7. The fraction of sp³-hybridized carbons (Fsp3) is 0.200. The van der Waals surface area contributed by atoms with Gasteiger partial charge in [0.25, 0.3) is 15.7 Å². The first-order valence-electron chi connectivity index (χ1n) is 7.25. The van der Waals surface area contributed by atoms with Gasteiger partial charge in [-0.25, -0.2) is 8.42 Å². The van der Waals surface area contributed by atoms with E-state index < -0.39 is 32.1 Å². The minimum Gasteiger partial charge on any atom is -0.871 e. The monoisotopic (exact) mass is 365 g/mol. The molecule has 2 aromatic carbocycles. The fourth-order valence-corrected chi connectivity index (χ4v) is 3.30. The van der Waals surface area contributed by atoms with Gasteiger partial charge < -0.3 is 14.6 Å². The number of nitrogens with zero attached hydrogens (tertiary/aromatic N) is 1. The van der Waals surface area contributed by atoms with Crippen molar-refractivity contribution in [3.05, 3.63) is 46.5 Å². The average molecular weight is 365 g/mol. The predicted molar refractivity (Wildman–Crippen MR) is 85.4 cm³/mol. The average Bonchev–Trinajstić information content (AvgIpc) is 2.81. The Morgan fingerprint density at radius 3 is 2.48 bits per heavy atom. The minimum atomic E-state index is -4.13. The molecular weight excluding hydrogens is 352 g/mol. The van der Waals surface area contributed by atoms with E-state index in [0.717, 1.165) is 18.2 Å². The summed E-state index contributed by atoms with van der Waals surface area (Å²) in [7, 11) is -4.13. The number of non-ortho nitro benzene ring substituents is 1. The minimum absolute atomic E-state index is 0.150. The van der Waals surface area contributed by atoms with Crippen molar-refractivity contribution in [1.29, 1.82) is 0 Å². The second-order valence-electron chi connectivity index (χ2n) is 5.20. The van der Waals surface area contributed by atoms with Crippen LogP contribution in [-0.2, 0) is 10.0 Å². The third-order valence-electron chi connectivity index (χ3n) is 3.45. The molecule has 0 amide bonds. The number of fused-ring (bicyclic) bond motifs is 1. The summed E-state index contributed by atoms with van der Waals surface area (Å²) in [4.78, 5) is 9.92. The topological polar surface area (TPSA) is 131 Å².